The van der Waals surface area contributed by atoms with Gasteiger partial charge in [-0.15, -0.1) is 10.2 Å². The molecule has 0 aliphatic heterocycles. The van der Waals surface area contributed by atoms with Crippen LogP contribution in [0.5, 0.6) is 5.75 Å². The molecular formula is C31H20F4N6O2. The molecule has 5 aromatic rings. The number of ether oxygens (including phenoxy) is 1. The first-order valence-electron chi connectivity index (χ1n) is 12.6. The highest BCUT2D eigenvalue weighted by molar-refractivity contribution is 5.44. The first-order chi connectivity index (χ1) is 20.7. The maximum Gasteiger partial charge on any atom is 0.323 e. The third kappa shape index (κ3) is 6.35. The van der Waals surface area contributed by atoms with E-state index < -0.39 is 41.0 Å². The van der Waals surface area contributed by atoms with Crippen LogP contribution in [0.25, 0.3) is 0 Å². The molecule has 3 aromatic carbocycles. The number of nitrogens with zero attached hydrogens (tertiary/aromatic N) is 6. The van der Waals surface area contributed by atoms with E-state index in [0.717, 1.165) is 36.3 Å². The van der Waals surface area contributed by atoms with E-state index in [1.165, 1.54) is 6.07 Å². The molecule has 1 N–H and O–H groups in total. The van der Waals surface area contributed by atoms with Crippen molar-refractivity contribution in [3.05, 3.63) is 137 Å². The lowest BCUT2D eigenvalue weighted by Gasteiger charge is -2.35. The predicted molar refractivity (Wildman–Crippen MR) is 144 cm³/mol. The SMILES string of the molecule is N#Cc1ccc(COc2ccc(C#Cc3ccc(C(F)(F)C(O)(Cn4ncnn4)c4ccc(F)cc4F)nc3)cc2)cc1. The number of rotatable bonds is 8. The van der Waals surface area contributed by atoms with Crippen molar-refractivity contribution in [1.82, 2.24) is 25.2 Å². The molecule has 0 spiro atoms. The van der Waals surface area contributed by atoms with Gasteiger partial charge in [-0.2, -0.15) is 18.8 Å². The van der Waals surface area contributed by atoms with Crippen LogP contribution < -0.4 is 4.74 Å². The number of hydrogen-bond donors (Lipinski definition) is 1. The van der Waals surface area contributed by atoms with Gasteiger partial charge in [0.1, 0.15) is 36.2 Å². The Morgan fingerprint density at radius 3 is 2.21 bits per heavy atom. The number of aromatic nitrogens is 5. The van der Waals surface area contributed by atoms with Gasteiger partial charge >= 0.3 is 5.92 Å². The first-order valence-corrected chi connectivity index (χ1v) is 12.6. The second kappa shape index (κ2) is 12.1. The fraction of sp³-hybridized carbons (Fsp3) is 0.129. The summed E-state index contributed by atoms with van der Waals surface area (Å²) < 4.78 is 65.7. The number of hydrogen-bond acceptors (Lipinski definition) is 7. The zero-order valence-corrected chi connectivity index (χ0v) is 22.1. The predicted octanol–water partition coefficient (Wildman–Crippen LogP) is 4.88. The van der Waals surface area contributed by atoms with Gasteiger partial charge in [-0.25, -0.2) is 8.78 Å². The molecule has 0 amide bonds. The summed E-state index contributed by atoms with van der Waals surface area (Å²) in [5.74, 6) is -0.223. The smallest absolute Gasteiger partial charge is 0.323 e. The summed E-state index contributed by atoms with van der Waals surface area (Å²) in [6, 6.07) is 20.2. The van der Waals surface area contributed by atoms with Crippen LogP contribution in [0, 0.1) is 34.8 Å². The minimum Gasteiger partial charge on any atom is -0.489 e. The van der Waals surface area contributed by atoms with Crippen molar-refractivity contribution in [3.63, 3.8) is 0 Å². The normalized spacial score (nSPS) is 12.5. The minimum atomic E-state index is -4.18. The fourth-order valence-corrected chi connectivity index (χ4v) is 4.13. The van der Waals surface area contributed by atoms with Gasteiger partial charge in [0.15, 0.2) is 11.9 Å². The van der Waals surface area contributed by atoms with Crippen molar-refractivity contribution in [2.24, 2.45) is 0 Å². The Balaban J connectivity index is 1.31. The van der Waals surface area contributed by atoms with E-state index in [0.29, 0.717) is 39.9 Å². The molecule has 0 fully saturated rings. The Bertz CT molecular complexity index is 1810. The summed E-state index contributed by atoms with van der Waals surface area (Å²) in [4.78, 5) is 4.46. The van der Waals surface area contributed by atoms with Gasteiger partial charge in [-0.3, -0.25) is 4.98 Å². The van der Waals surface area contributed by atoms with Crippen LogP contribution in [0.15, 0.2) is 91.4 Å². The Morgan fingerprint density at radius 1 is 0.884 bits per heavy atom. The van der Waals surface area contributed by atoms with E-state index in [4.69, 9.17) is 10.00 Å². The number of tetrazole rings is 1. The van der Waals surface area contributed by atoms with Gasteiger partial charge in [0.25, 0.3) is 0 Å². The zero-order valence-electron chi connectivity index (χ0n) is 22.1. The third-order valence-electron chi connectivity index (χ3n) is 6.44. The summed E-state index contributed by atoms with van der Waals surface area (Å²) in [7, 11) is 0. The molecule has 1 atom stereocenters. The third-order valence-corrected chi connectivity index (χ3v) is 6.44. The summed E-state index contributed by atoms with van der Waals surface area (Å²) in [6.07, 6.45) is 2.06. The van der Waals surface area contributed by atoms with Gasteiger partial charge < -0.3 is 9.84 Å². The quantitative estimate of drug-likeness (QED) is 0.205. The molecule has 0 aliphatic rings. The number of benzene rings is 3. The van der Waals surface area contributed by atoms with Crippen molar-refractivity contribution in [1.29, 1.82) is 5.26 Å². The van der Waals surface area contributed by atoms with Crippen LogP contribution >= 0.6 is 0 Å². The molecule has 12 heteroatoms. The lowest BCUT2D eigenvalue weighted by atomic mass is 9.84. The van der Waals surface area contributed by atoms with Gasteiger partial charge in [-0.1, -0.05) is 24.0 Å². The van der Waals surface area contributed by atoms with Crippen LogP contribution in [0.1, 0.15) is 33.5 Å². The van der Waals surface area contributed by atoms with Crippen LogP contribution in [-0.4, -0.2) is 30.3 Å². The largest absolute Gasteiger partial charge is 0.489 e. The van der Waals surface area contributed by atoms with Crippen molar-refractivity contribution < 1.29 is 27.4 Å². The summed E-state index contributed by atoms with van der Waals surface area (Å²) in [5.41, 5.74) is -2.61. The zero-order chi connectivity index (χ0) is 30.5. The number of pyridine rings is 1. The molecule has 2 heterocycles. The molecule has 43 heavy (non-hydrogen) atoms. The highest BCUT2D eigenvalue weighted by Gasteiger charge is 2.58. The van der Waals surface area contributed by atoms with Gasteiger partial charge in [-0.05, 0) is 71.4 Å². The molecular weight excluding hydrogens is 564 g/mol. The van der Waals surface area contributed by atoms with Gasteiger partial charge in [0, 0.05) is 29.0 Å². The Hall–Kier alpha value is -5.59. The van der Waals surface area contributed by atoms with E-state index in [-0.39, 0.29) is 0 Å². The lowest BCUT2D eigenvalue weighted by molar-refractivity contribution is -0.209. The van der Waals surface area contributed by atoms with Gasteiger partial charge in [0.2, 0.25) is 0 Å². The first kappa shape index (κ1) is 28.9. The molecule has 0 bridgehead atoms. The van der Waals surface area contributed by atoms with Crippen molar-refractivity contribution >= 4 is 0 Å². The summed E-state index contributed by atoms with van der Waals surface area (Å²) in [6.45, 7) is -0.684. The van der Waals surface area contributed by atoms with E-state index >= 15 is 8.78 Å². The van der Waals surface area contributed by atoms with Crippen molar-refractivity contribution in [3.8, 4) is 23.7 Å². The summed E-state index contributed by atoms with van der Waals surface area (Å²) in [5, 5.41) is 30.7. The lowest BCUT2D eigenvalue weighted by Crippen LogP contribution is -2.48. The maximum absolute atomic E-state index is 15.9. The standard InChI is InChI=1S/C31H20F4N6O2/c32-25-10-13-27(28(33)15-25)30(42,19-41-39-20-38-40-41)31(34,35)29-14-9-23(17-37-29)4-1-21-7-11-26(12-8-21)43-18-24-5-2-22(16-36)3-6-24/h2-3,5-15,17,20,42H,18-19H2. The molecule has 2 aromatic heterocycles. The molecule has 8 nitrogen and oxygen atoms in total. The monoisotopic (exact) mass is 584 g/mol. The van der Waals surface area contributed by atoms with Crippen molar-refractivity contribution in [2.75, 3.05) is 0 Å². The van der Waals surface area contributed by atoms with Crippen LogP contribution in [-0.2, 0) is 24.7 Å². The molecule has 0 saturated heterocycles. The number of halogens is 4. The van der Waals surface area contributed by atoms with E-state index in [2.05, 4.69) is 38.3 Å². The van der Waals surface area contributed by atoms with Gasteiger partial charge in [0.05, 0.1) is 11.6 Å². The fourth-order valence-electron chi connectivity index (χ4n) is 4.13. The average molecular weight is 585 g/mol. The highest BCUT2D eigenvalue weighted by Crippen LogP contribution is 2.46. The number of aliphatic hydroxyl groups is 1. The van der Waals surface area contributed by atoms with Crippen LogP contribution in [0.3, 0.4) is 0 Å². The second-order valence-corrected chi connectivity index (χ2v) is 9.33. The molecule has 1 unspecified atom stereocenters. The molecule has 214 valence electrons. The molecule has 0 saturated carbocycles. The number of alkyl halides is 2. The molecule has 0 radical (unpaired) electrons. The minimum absolute atomic E-state index is 0.301. The Kier molecular flexibility index (Phi) is 8.14. The summed E-state index contributed by atoms with van der Waals surface area (Å²) >= 11 is 0. The average Bonchev–Trinajstić information content (AvgIpc) is 3.52. The van der Waals surface area contributed by atoms with Crippen LogP contribution in [0.4, 0.5) is 17.6 Å². The second-order valence-electron chi connectivity index (χ2n) is 9.33. The van der Waals surface area contributed by atoms with E-state index in [9.17, 15) is 13.9 Å². The highest BCUT2D eigenvalue weighted by atomic mass is 19.3. The number of nitriles is 1. The maximum atomic E-state index is 15.9. The topological polar surface area (TPSA) is 110 Å². The Morgan fingerprint density at radius 2 is 1.58 bits per heavy atom. The van der Waals surface area contributed by atoms with E-state index in [1.54, 1.807) is 36.4 Å². The van der Waals surface area contributed by atoms with Crippen LogP contribution in [0.2, 0.25) is 0 Å². The molecule has 5 rings (SSSR count). The Labute approximate surface area is 242 Å². The molecule has 0 aliphatic carbocycles. The van der Waals surface area contributed by atoms with Crippen molar-refractivity contribution in [2.45, 2.75) is 24.7 Å². The van der Waals surface area contributed by atoms with E-state index in [1.807, 2.05) is 12.1 Å².